The highest BCUT2D eigenvalue weighted by Crippen LogP contribution is 2.30. The number of hydrogen-bond acceptors (Lipinski definition) is 5. The minimum absolute atomic E-state index is 0.157. The van der Waals surface area contributed by atoms with Crippen molar-refractivity contribution in [2.24, 2.45) is 0 Å². The second-order valence-electron chi connectivity index (χ2n) is 7.09. The standard InChI is InChI=1S/C20H27N3O4/c1-21-10-4-2-3-5-11-27-15-6-7-16-14(12-15)13-23(20(16)26)17-8-9-18(24)22-19(17)25/h6-7,12,17,21H,2-5,8-11,13H2,1H3,(H,22,24,25). The molecule has 3 rings (SSSR count). The molecule has 0 bridgehead atoms. The average molecular weight is 373 g/mol. The molecule has 3 amide bonds. The first-order chi connectivity index (χ1) is 13.1. The van der Waals surface area contributed by atoms with Gasteiger partial charge in [0, 0.05) is 18.5 Å². The molecular weight excluding hydrogens is 346 g/mol. The monoisotopic (exact) mass is 373 g/mol. The molecular formula is C20H27N3O4. The maximum absolute atomic E-state index is 12.6. The lowest BCUT2D eigenvalue weighted by molar-refractivity contribution is -0.136. The highest BCUT2D eigenvalue weighted by molar-refractivity contribution is 6.05. The molecule has 2 N–H and O–H groups in total. The summed E-state index contributed by atoms with van der Waals surface area (Å²) in [4.78, 5) is 37.6. The van der Waals surface area contributed by atoms with E-state index in [2.05, 4.69) is 10.6 Å². The fourth-order valence-electron chi connectivity index (χ4n) is 3.59. The van der Waals surface area contributed by atoms with Gasteiger partial charge in [-0.3, -0.25) is 19.7 Å². The van der Waals surface area contributed by atoms with E-state index >= 15 is 0 Å². The van der Waals surface area contributed by atoms with E-state index in [1.807, 2.05) is 19.2 Å². The van der Waals surface area contributed by atoms with E-state index in [1.165, 1.54) is 12.8 Å². The summed E-state index contributed by atoms with van der Waals surface area (Å²) in [5.74, 6) is -0.0679. The maximum atomic E-state index is 12.6. The highest BCUT2D eigenvalue weighted by Gasteiger charge is 2.39. The van der Waals surface area contributed by atoms with E-state index < -0.39 is 6.04 Å². The zero-order valence-corrected chi connectivity index (χ0v) is 15.8. The van der Waals surface area contributed by atoms with Crippen molar-refractivity contribution >= 4 is 17.7 Å². The third kappa shape index (κ3) is 4.66. The fourth-order valence-corrected chi connectivity index (χ4v) is 3.59. The highest BCUT2D eigenvalue weighted by atomic mass is 16.5. The quantitative estimate of drug-likeness (QED) is 0.507. The molecule has 146 valence electrons. The van der Waals surface area contributed by atoms with Crippen LogP contribution in [-0.2, 0) is 16.1 Å². The number of ether oxygens (including phenoxy) is 1. The van der Waals surface area contributed by atoms with Gasteiger partial charge in [-0.2, -0.15) is 0 Å². The van der Waals surface area contributed by atoms with E-state index in [4.69, 9.17) is 4.74 Å². The number of unbranched alkanes of at least 4 members (excludes halogenated alkanes) is 3. The zero-order valence-electron chi connectivity index (χ0n) is 15.8. The molecule has 7 nitrogen and oxygen atoms in total. The summed E-state index contributed by atoms with van der Waals surface area (Å²) in [7, 11) is 1.96. The van der Waals surface area contributed by atoms with Gasteiger partial charge in [0.05, 0.1) is 6.61 Å². The Morgan fingerprint density at radius 3 is 2.78 bits per heavy atom. The van der Waals surface area contributed by atoms with Crippen LogP contribution in [0.4, 0.5) is 0 Å². The molecule has 1 aromatic rings. The Bertz CT molecular complexity index is 719. The summed E-state index contributed by atoms with van der Waals surface area (Å²) in [6, 6.07) is 4.89. The van der Waals surface area contributed by atoms with Crippen molar-refractivity contribution in [2.75, 3.05) is 20.2 Å². The first-order valence-corrected chi connectivity index (χ1v) is 9.65. The molecule has 2 aliphatic heterocycles. The van der Waals surface area contributed by atoms with Crippen LogP contribution in [0, 0.1) is 0 Å². The summed E-state index contributed by atoms with van der Waals surface area (Å²) in [6.45, 7) is 2.08. The molecule has 0 aliphatic carbocycles. The van der Waals surface area contributed by atoms with Crippen LogP contribution in [0.5, 0.6) is 5.75 Å². The number of carbonyl (C=O) groups excluding carboxylic acids is 3. The number of nitrogens with zero attached hydrogens (tertiary/aromatic N) is 1. The van der Waals surface area contributed by atoms with Gasteiger partial charge in [-0.15, -0.1) is 0 Å². The number of nitrogens with one attached hydrogen (secondary N) is 2. The van der Waals surface area contributed by atoms with Gasteiger partial charge in [0.15, 0.2) is 0 Å². The van der Waals surface area contributed by atoms with Crippen LogP contribution in [0.2, 0.25) is 0 Å². The molecule has 0 aromatic heterocycles. The van der Waals surface area contributed by atoms with E-state index in [-0.39, 0.29) is 24.1 Å². The number of benzene rings is 1. The summed E-state index contributed by atoms with van der Waals surface area (Å²) < 4.78 is 5.82. The van der Waals surface area contributed by atoms with E-state index in [0.717, 1.165) is 30.7 Å². The van der Waals surface area contributed by atoms with E-state index in [0.29, 0.717) is 25.1 Å². The molecule has 1 fully saturated rings. The van der Waals surface area contributed by atoms with E-state index in [1.54, 1.807) is 11.0 Å². The van der Waals surface area contributed by atoms with Crippen LogP contribution in [0.15, 0.2) is 18.2 Å². The lowest BCUT2D eigenvalue weighted by Crippen LogP contribution is -2.52. The van der Waals surface area contributed by atoms with Crippen molar-refractivity contribution in [2.45, 2.75) is 51.1 Å². The molecule has 0 saturated carbocycles. The van der Waals surface area contributed by atoms with Crippen molar-refractivity contribution in [1.29, 1.82) is 0 Å². The number of imide groups is 1. The van der Waals surface area contributed by atoms with E-state index in [9.17, 15) is 14.4 Å². The van der Waals surface area contributed by atoms with Gasteiger partial charge in [0.1, 0.15) is 11.8 Å². The molecule has 1 unspecified atom stereocenters. The SMILES string of the molecule is CNCCCCCCOc1ccc2c(c1)CN(C1CCC(=O)NC1=O)C2=O. The zero-order chi connectivity index (χ0) is 19.2. The van der Waals surface area contributed by atoms with Gasteiger partial charge in [0.2, 0.25) is 11.8 Å². The average Bonchev–Trinajstić information content (AvgIpc) is 2.97. The van der Waals surface area contributed by atoms with Gasteiger partial charge in [-0.1, -0.05) is 12.8 Å². The van der Waals surface area contributed by atoms with Crippen LogP contribution in [-0.4, -0.2) is 48.9 Å². The Labute approximate surface area is 159 Å². The Balaban J connectivity index is 1.53. The number of amides is 3. The summed E-state index contributed by atoms with van der Waals surface area (Å²) in [6.07, 6.45) is 5.13. The number of piperidine rings is 1. The lowest BCUT2D eigenvalue weighted by atomic mass is 10.0. The summed E-state index contributed by atoms with van der Waals surface area (Å²) >= 11 is 0. The Morgan fingerprint density at radius 1 is 1.19 bits per heavy atom. The van der Waals surface area contributed by atoms with Gasteiger partial charge < -0.3 is 15.0 Å². The topological polar surface area (TPSA) is 87.7 Å². The molecule has 1 atom stereocenters. The van der Waals surface area contributed by atoms with Gasteiger partial charge in [-0.25, -0.2) is 0 Å². The maximum Gasteiger partial charge on any atom is 0.255 e. The van der Waals surface area contributed by atoms with Crippen molar-refractivity contribution < 1.29 is 19.1 Å². The first kappa shape index (κ1) is 19.4. The number of hydrogen-bond donors (Lipinski definition) is 2. The first-order valence-electron chi connectivity index (χ1n) is 9.65. The second-order valence-corrected chi connectivity index (χ2v) is 7.09. The number of rotatable bonds is 9. The molecule has 0 radical (unpaired) electrons. The molecule has 1 saturated heterocycles. The van der Waals surface area contributed by atoms with Crippen molar-refractivity contribution in [3.8, 4) is 5.75 Å². The predicted molar refractivity (Wildman–Crippen MR) is 100 cm³/mol. The number of fused-ring (bicyclic) bond motifs is 1. The van der Waals surface area contributed by atoms with Gasteiger partial charge >= 0.3 is 0 Å². The Morgan fingerprint density at radius 2 is 2.00 bits per heavy atom. The van der Waals surface area contributed by atoms with Crippen LogP contribution in [0.25, 0.3) is 0 Å². The largest absolute Gasteiger partial charge is 0.494 e. The third-order valence-electron chi connectivity index (χ3n) is 5.08. The lowest BCUT2D eigenvalue weighted by Gasteiger charge is -2.29. The second kappa shape index (κ2) is 8.99. The summed E-state index contributed by atoms with van der Waals surface area (Å²) in [5.41, 5.74) is 1.48. The molecule has 1 aromatic carbocycles. The van der Waals surface area contributed by atoms with Crippen LogP contribution in [0.1, 0.15) is 54.4 Å². The van der Waals surface area contributed by atoms with Gasteiger partial charge in [0.25, 0.3) is 5.91 Å². The van der Waals surface area contributed by atoms with Crippen molar-refractivity contribution in [3.63, 3.8) is 0 Å². The minimum Gasteiger partial charge on any atom is -0.494 e. The van der Waals surface area contributed by atoms with Gasteiger partial charge in [-0.05, 0) is 56.6 Å². The molecule has 2 aliphatic rings. The smallest absolute Gasteiger partial charge is 0.255 e. The fraction of sp³-hybridized carbons (Fsp3) is 0.550. The molecule has 27 heavy (non-hydrogen) atoms. The molecule has 0 spiro atoms. The van der Waals surface area contributed by atoms with Crippen molar-refractivity contribution in [1.82, 2.24) is 15.5 Å². The Hall–Kier alpha value is -2.41. The third-order valence-corrected chi connectivity index (χ3v) is 5.08. The summed E-state index contributed by atoms with van der Waals surface area (Å²) in [5, 5.41) is 5.46. The predicted octanol–water partition coefficient (Wildman–Crippen LogP) is 1.61. The van der Waals surface area contributed by atoms with Crippen LogP contribution >= 0.6 is 0 Å². The number of carbonyl (C=O) groups is 3. The van der Waals surface area contributed by atoms with Crippen LogP contribution < -0.4 is 15.4 Å². The molecule has 7 heteroatoms. The normalized spacial score (nSPS) is 19.2. The van der Waals surface area contributed by atoms with Crippen molar-refractivity contribution in [3.05, 3.63) is 29.3 Å². The van der Waals surface area contributed by atoms with Crippen LogP contribution in [0.3, 0.4) is 0 Å². The Kier molecular flexibility index (Phi) is 6.45. The molecule has 2 heterocycles. The minimum atomic E-state index is -0.579.